The summed E-state index contributed by atoms with van der Waals surface area (Å²) in [6.07, 6.45) is 1.88. The highest BCUT2D eigenvalue weighted by molar-refractivity contribution is 4.75. The van der Waals surface area contributed by atoms with Crippen molar-refractivity contribution in [2.24, 2.45) is 0 Å². The molecule has 0 fully saturated rings. The summed E-state index contributed by atoms with van der Waals surface area (Å²) in [5, 5.41) is 12.5. The second-order valence-corrected chi connectivity index (χ2v) is 0.668. The lowest BCUT2D eigenvalue weighted by molar-refractivity contribution is 0.289. The molecule has 1 rings (SSSR count). The molecule has 1 aromatic rings. The van der Waals surface area contributed by atoms with Gasteiger partial charge < -0.3 is 4.52 Å². The van der Waals surface area contributed by atoms with Gasteiger partial charge in [-0.15, -0.1) is 4.98 Å². The van der Waals surface area contributed by atoms with Crippen molar-refractivity contribution in [1.29, 1.82) is 0 Å². The van der Waals surface area contributed by atoms with E-state index >= 15 is 0 Å². The summed E-state index contributed by atoms with van der Waals surface area (Å²) in [5.41, 5.74) is 0. The van der Waals surface area contributed by atoms with Gasteiger partial charge in [-0.3, -0.25) is 0 Å². The van der Waals surface area contributed by atoms with Crippen LogP contribution in [0.4, 0.5) is 0 Å². The van der Waals surface area contributed by atoms with Crippen LogP contribution in [0.5, 0.6) is 6.01 Å². The quantitative estimate of drug-likeness (QED) is 0.445. The Bertz CT molecular complexity index is 113. The molecule has 0 spiro atoms. The first kappa shape index (κ1) is 3.14. The molecule has 0 unspecified atom stereocenters. The second-order valence-electron chi connectivity index (χ2n) is 0.668. The van der Waals surface area contributed by atoms with Gasteiger partial charge in [0.25, 0.3) is 0 Å². The van der Waals surface area contributed by atoms with Crippen molar-refractivity contribution in [3.63, 3.8) is 0 Å². The van der Waals surface area contributed by atoms with Crippen molar-refractivity contribution in [3.8, 4) is 6.01 Å². The Balaban J connectivity index is 3.05. The minimum Gasteiger partial charge on any atom is -0.325 e. The number of hydrogen-bond donors (Lipinski definition) is 0. The maximum atomic E-state index is 9.72. The molecule has 0 aromatic carbocycles. The lowest BCUT2D eigenvalue weighted by Crippen LogP contribution is -1.55. The van der Waals surface area contributed by atoms with Gasteiger partial charge >= 0.3 is 12.4 Å². The molecule has 1 heterocycles. The van der Waals surface area contributed by atoms with Gasteiger partial charge in [-0.1, -0.05) is 0 Å². The van der Waals surface area contributed by atoms with E-state index < -0.39 is 6.01 Å². The normalized spacial score (nSPS) is 8.67. The molecule has 0 N–H and O–H groups in total. The Hall–Kier alpha value is -1.06. The summed E-state index contributed by atoms with van der Waals surface area (Å²) < 4.78 is 3.92. The zero-order valence-corrected chi connectivity index (χ0v) is 2.71. The van der Waals surface area contributed by atoms with Crippen molar-refractivity contribution in [3.05, 3.63) is 6.39 Å². The van der Waals surface area contributed by atoms with Gasteiger partial charge in [0.1, 0.15) is 0 Å². The van der Waals surface area contributed by atoms with E-state index in [0.29, 0.717) is 0 Å². The van der Waals surface area contributed by atoms with E-state index in [1.54, 1.807) is 0 Å². The van der Waals surface area contributed by atoms with Gasteiger partial charge in [0.15, 0.2) is 0 Å². The van der Waals surface area contributed by atoms with E-state index in [0.717, 1.165) is 0 Å². The van der Waals surface area contributed by atoms with Crippen molar-refractivity contribution in [2.75, 3.05) is 0 Å². The lowest BCUT2D eigenvalue weighted by atomic mass is 11.2. The Morgan fingerprint density at radius 3 is 2.83 bits per heavy atom. The van der Waals surface area contributed by atoms with Gasteiger partial charge in [0.05, 0.1) is 0 Å². The van der Waals surface area contributed by atoms with Gasteiger partial charge in [-0.25, -0.2) is 5.11 Å². The second kappa shape index (κ2) is 0.965. The molecule has 0 amide bonds. The van der Waals surface area contributed by atoms with Crippen LogP contribution >= 0.6 is 0 Å². The molecule has 0 aliphatic heterocycles. The van der Waals surface area contributed by atoms with Gasteiger partial charge in [0, 0.05) is 0 Å². The predicted octanol–water partition coefficient (Wildman–Crippen LogP) is 0.0136. The number of rotatable bonds is 0. The molecule has 30 valence electrons. The first-order valence-corrected chi connectivity index (χ1v) is 1.26. The highest BCUT2D eigenvalue weighted by Gasteiger charge is 1.89. The van der Waals surface area contributed by atoms with Crippen molar-refractivity contribution < 1.29 is 9.63 Å². The third kappa shape index (κ3) is 0.314. The van der Waals surface area contributed by atoms with Crippen LogP contribution < -0.4 is 0 Å². The molecular weight excluding hydrogens is 84.0 g/mol. The van der Waals surface area contributed by atoms with Crippen molar-refractivity contribution in [1.82, 2.24) is 10.1 Å². The zero-order valence-electron chi connectivity index (χ0n) is 2.71. The van der Waals surface area contributed by atoms with E-state index in [2.05, 4.69) is 14.7 Å². The van der Waals surface area contributed by atoms with Crippen molar-refractivity contribution in [2.45, 2.75) is 0 Å². The molecule has 6 heavy (non-hydrogen) atoms. The van der Waals surface area contributed by atoms with E-state index in [-0.39, 0.29) is 0 Å². The fraction of sp³-hybridized carbons (Fsp3) is 0. The summed E-state index contributed by atoms with van der Waals surface area (Å²) in [5.74, 6) is 0. The standard InChI is InChI=1S/C2N2O2/c5-2-3-1-6-4-2. The highest BCUT2D eigenvalue weighted by atomic mass is 16.5. The monoisotopic (exact) mass is 84.0 g/mol. The minimum atomic E-state index is -0.630. The van der Waals surface area contributed by atoms with Crippen molar-refractivity contribution >= 4 is 0 Å². The van der Waals surface area contributed by atoms with Crippen LogP contribution in [-0.4, -0.2) is 10.1 Å². The molecule has 0 aliphatic rings. The van der Waals surface area contributed by atoms with Crippen LogP contribution in [0.25, 0.3) is 0 Å². The summed E-state index contributed by atoms with van der Waals surface area (Å²) >= 11 is 0. The molecular formula is C2N2O2. The fourth-order valence-corrected chi connectivity index (χ4v) is 0.139. The van der Waals surface area contributed by atoms with Gasteiger partial charge in [-0.2, -0.15) is 0 Å². The summed E-state index contributed by atoms with van der Waals surface area (Å²) in [6.45, 7) is 0. The largest absolute Gasteiger partial charge is 0.403 e. The van der Waals surface area contributed by atoms with E-state index in [4.69, 9.17) is 0 Å². The molecule has 1 aromatic heterocycles. The van der Waals surface area contributed by atoms with E-state index in [9.17, 15) is 5.11 Å². The molecule has 0 saturated carbocycles. The number of aromatic nitrogens is 2. The Kier molecular flexibility index (Phi) is 0.506. The molecule has 0 atom stereocenters. The Morgan fingerprint density at radius 2 is 2.67 bits per heavy atom. The maximum Gasteiger partial charge on any atom is 0.403 e. The summed E-state index contributed by atoms with van der Waals surface area (Å²) in [4.78, 5) is 2.96. The Labute approximate surface area is 33.4 Å². The number of nitrogens with zero attached hydrogens (tertiary/aromatic N) is 2. The van der Waals surface area contributed by atoms with Gasteiger partial charge in [0.2, 0.25) is 0 Å². The third-order valence-electron chi connectivity index (χ3n) is 0.306. The summed E-state index contributed by atoms with van der Waals surface area (Å²) in [6, 6.07) is -0.630. The molecule has 0 bridgehead atoms. The Morgan fingerprint density at radius 1 is 1.83 bits per heavy atom. The van der Waals surface area contributed by atoms with Crippen LogP contribution in [0.2, 0.25) is 0 Å². The minimum absolute atomic E-state index is 0.630. The first-order chi connectivity index (χ1) is 2.89. The smallest absolute Gasteiger partial charge is 0.325 e. The average Bonchev–Trinajstić information content (AvgIpc) is 1.86. The topological polar surface area (TPSA) is 58.8 Å². The van der Waals surface area contributed by atoms with Crippen LogP contribution in [0.3, 0.4) is 0 Å². The van der Waals surface area contributed by atoms with E-state index in [1.165, 1.54) is 0 Å². The molecule has 2 radical (unpaired) electrons. The predicted molar refractivity (Wildman–Crippen MR) is 13.3 cm³/mol. The maximum absolute atomic E-state index is 9.72. The summed E-state index contributed by atoms with van der Waals surface area (Å²) in [7, 11) is 0. The SMILES string of the molecule is [O]c1n[c]on1. The zero-order chi connectivity index (χ0) is 4.41. The molecule has 4 nitrogen and oxygen atoms in total. The third-order valence-corrected chi connectivity index (χ3v) is 0.306. The van der Waals surface area contributed by atoms with Crippen LogP contribution in [-0.2, 0) is 5.11 Å². The van der Waals surface area contributed by atoms with Crippen LogP contribution in [0, 0.1) is 6.39 Å². The number of hydrogen-bond acceptors (Lipinski definition) is 3. The molecule has 0 saturated heterocycles. The van der Waals surface area contributed by atoms with Gasteiger partial charge in [-0.05, 0) is 5.16 Å². The molecule has 4 heteroatoms. The fourth-order valence-electron chi connectivity index (χ4n) is 0.139. The molecule has 0 aliphatic carbocycles. The average molecular weight is 84.0 g/mol. The van der Waals surface area contributed by atoms with E-state index in [1.807, 2.05) is 6.39 Å². The highest BCUT2D eigenvalue weighted by Crippen LogP contribution is 1.91. The lowest BCUT2D eigenvalue weighted by Gasteiger charge is -1.53. The first-order valence-electron chi connectivity index (χ1n) is 1.26. The van der Waals surface area contributed by atoms with Crippen LogP contribution in [0.15, 0.2) is 4.52 Å². The van der Waals surface area contributed by atoms with Crippen LogP contribution in [0.1, 0.15) is 0 Å².